The maximum Gasteiger partial charge on any atom is 0.387 e. The summed E-state index contributed by atoms with van der Waals surface area (Å²) in [7, 11) is 1.92. The molecule has 1 aliphatic rings. The number of anilines is 2. The molecule has 0 atom stereocenters. The lowest BCUT2D eigenvalue weighted by molar-refractivity contribution is -0.0498. The summed E-state index contributed by atoms with van der Waals surface area (Å²) in [5.74, 6) is 0.342. The molecule has 0 spiro atoms. The van der Waals surface area contributed by atoms with E-state index in [1.54, 1.807) is 18.2 Å². The summed E-state index contributed by atoms with van der Waals surface area (Å²) in [5, 5.41) is 11.8. The van der Waals surface area contributed by atoms with E-state index in [1.165, 1.54) is 28.9 Å². The van der Waals surface area contributed by atoms with E-state index in [-0.39, 0.29) is 11.6 Å². The van der Waals surface area contributed by atoms with Gasteiger partial charge >= 0.3 is 6.61 Å². The number of alkyl halides is 2. The van der Waals surface area contributed by atoms with Crippen molar-refractivity contribution in [2.24, 2.45) is 0 Å². The van der Waals surface area contributed by atoms with Crippen LogP contribution in [0.25, 0.3) is 5.69 Å². The van der Waals surface area contributed by atoms with E-state index in [2.05, 4.69) is 25.2 Å². The Morgan fingerprint density at radius 2 is 1.86 bits per heavy atom. The van der Waals surface area contributed by atoms with Gasteiger partial charge in [-0.25, -0.2) is 4.39 Å². The van der Waals surface area contributed by atoms with Crippen molar-refractivity contribution < 1.29 is 17.9 Å². The van der Waals surface area contributed by atoms with Crippen molar-refractivity contribution >= 4 is 11.4 Å². The fourth-order valence-electron chi connectivity index (χ4n) is 3.19. The first-order chi connectivity index (χ1) is 13.5. The van der Waals surface area contributed by atoms with Gasteiger partial charge < -0.3 is 14.5 Å². The fraction of sp³-hybridized carbons (Fsp3) is 0.278. The van der Waals surface area contributed by atoms with Crippen LogP contribution in [0.15, 0.2) is 42.5 Å². The maximum absolute atomic E-state index is 13.6. The number of benzene rings is 2. The Kier molecular flexibility index (Phi) is 4.76. The van der Waals surface area contributed by atoms with E-state index in [0.29, 0.717) is 18.1 Å². The third kappa shape index (κ3) is 3.57. The summed E-state index contributed by atoms with van der Waals surface area (Å²) in [6.45, 7) is -1.01. The Hall–Kier alpha value is -3.30. The van der Waals surface area contributed by atoms with Gasteiger partial charge in [0.2, 0.25) is 0 Å². The monoisotopic (exact) mass is 390 g/mol. The average Bonchev–Trinajstić information content (AvgIpc) is 3.12. The molecule has 0 fully saturated rings. The van der Waals surface area contributed by atoms with Crippen molar-refractivity contribution in [3.05, 3.63) is 54.1 Å². The van der Waals surface area contributed by atoms with Crippen LogP contribution in [0.2, 0.25) is 0 Å². The molecule has 0 aliphatic carbocycles. The summed E-state index contributed by atoms with van der Waals surface area (Å²) in [4.78, 5) is 4.07. The van der Waals surface area contributed by atoms with Crippen LogP contribution in [0.3, 0.4) is 0 Å². The summed E-state index contributed by atoms with van der Waals surface area (Å²) < 4.78 is 44.1. The highest BCUT2D eigenvalue weighted by molar-refractivity contribution is 5.73. The predicted molar refractivity (Wildman–Crippen MR) is 96.5 cm³/mol. The summed E-state index contributed by atoms with van der Waals surface area (Å²) in [6.07, 6.45) is 0. The Balaban J connectivity index is 1.58. The molecule has 0 radical (unpaired) electrons. The molecular formula is C18H17F3N6O. The van der Waals surface area contributed by atoms with Gasteiger partial charge in [-0.2, -0.15) is 13.5 Å². The van der Waals surface area contributed by atoms with Gasteiger partial charge in [-0.1, -0.05) is 0 Å². The van der Waals surface area contributed by atoms with Crippen LogP contribution in [0.1, 0.15) is 5.82 Å². The van der Waals surface area contributed by atoms with Crippen LogP contribution in [-0.4, -0.2) is 47.0 Å². The Morgan fingerprint density at radius 1 is 1.07 bits per heavy atom. The molecule has 1 aromatic heterocycles. The van der Waals surface area contributed by atoms with Crippen LogP contribution >= 0.6 is 0 Å². The first-order valence-electron chi connectivity index (χ1n) is 8.59. The molecule has 0 N–H and O–H groups in total. The molecule has 1 aliphatic heterocycles. The zero-order valence-electron chi connectivity index (χ0n) is 15.0. The van der Waals surface area contributed by atoms with E-state index >= 15 is 0 Å². The highest BCUT2D eigenvalue weighted by Gasteiger charge is 2.23. The lowest BCUT2D eigenvalue weighted by Gasteiger charge is -2.36. The third-order valence-corrected chi connectivity index (χ3v) is 4.57. The molecule has 0 unspecified atom stereocenters. The normalized spacial score (nSPS) is 13.8. The number of tetrazole rings is 1. The zero-order valence-corrected chi connectivity index (χ0v) is 15.0. The second-order valence-corrected chi connectivity index (χ2v) is 6.36. The number of rotatable bonds is 5. The molecule has 0 amide bonds. The first kappa shape index (κ1) is 18.1. The minimum Gasteiger partial charge on any atom is -0.435 e. The second kappa shape index (κ2) is 7.37. The zero-order chi connectivity index (χ0) is 19.7. The van der Waals surface area contributed by atoms with Crippen molar-refractivity contribution in [1.29, 1.82) is 0 Å². The van der Waals surface area contributed by atoms with Gasteiger partial charge in [0, 0.05) is 20.1 Å². The quantitative estimate of drug-likeness (QED) is 0.668. The number of ether oxygens (including phenoxy) is 1. The molecule has 146 valence electrons. The predicted octanol–water partition coefficient (Wildman–Crippen LogP) is 2.86. The number of hydrogen-bond acceptors (Lipinski definition) is 6. The smallest absolute Gasteiger partial charge is 0.387 e. The SMILES string of the molecule is CN1CCN(Cc2nnnn2-c2ccc(OC(F)F)cc2)c2ccc(F)cc21. The Morgan fingerprint density at radius 3 is 2.61 bits per heavy atom. The van der Waals surface area contributed by atoms with Crippen molar-refractivity contribution in [3.8, 4) is 11.4 Å². The van der Waals surface area contributed by atoms with Crippen molar-refractivity contribution in [3.63, 3.8) is 0 Å². The van der Waals surface area contributed by atoms with Gasteiger partial charge in [-0.05, 0) is 52.9 Å². The van der Waals surface area contributed by atoms with Gasteiger partial charge in [0.15, 0.2) is 5.82 Å². The van der Waals surface area contributed by atoms with Gasteiger partial charge in [0.1, 0.15) is 11.6 Å². The lowest BCUT2D eigenvalue weighted by Crippen LogP contribution is -2.39. The minimum absolute atomic E-state index is 0.0587. The molecular weight excluding hydrogens is 373 g/mol. The van der Waals surface area contributed by atoms with E-state index in [4.69, 9.17) is 0 Å². The molecule has 10 heteroatoms. The Bertz CT molecular complexity index is 962. The van der Waals surface area contributed by atoms with Gasteiger partial charge in [-0.15, -0.1) is 5.10 Å². The lowest BCUT2D eigenvalue weighted by atomic mass is 10.1. The highest BCUT2D eigenvalue weighted by Crippen LogP contribution is 2.33. The summed E-state index contributed by atoms with van der Waals surface area (Å²) in [6, 6.07) is 10.7. The van der Waals surface area contributed by atoms with Crippen LogP contribution in [0.4, 0.5) is 24.5 Å². The van der Waals surface area contributed by atoms with Gasteiger partial charge in [0.05, 0.1) is 23.6 Å². The van der Waals surface area contributed by atoms with Gasteiger partial charge in [0.25, 0.3) is 0 Å². The second-order valence-electron chi connectivity index (χ2n) is 6.36. The molecule has 2 aromatic carbocycles. The van der Waals surface area contributed by atoms with Gasteiger partial charge in [-0.3, -0.25) is 0 Å². The standard InChI is InChI=1S/C18H17F3N6O/c1-25-8-9-26(15-7-2-12(19)10-16(15)25)11-17-22-23-24-27(17)13-3-5-14(6-4-13)28-18(20)21/h2-7,10,18H,8-9,11H2,1H3. The summed E-state index contributed by atoms with van der Waals surface area (Å²) in [5.41, 5.74) is 2.32. The molecule has 0 saturated heterocycles. The largest absolute Gasteiger partial charge is 0.435 e. The van der Waals surface area contributed by atoms with Crippen LogP contribution < -0.4 is 14.5 Å². The fourth-order valence-corrected chi connectivity index (χ4v) is 3.19. The van der Waals surface area contributed by atoms with Crippen LogP contribution in [0, 0.1) is 5.82 Å². The van der Waals surface area contributed by atoms with E-state index in [0.717, 1.165) is 24.5 Å². The van der Waals surface area contributed by atoms with E-state index in [9.17, 15) is 13.2 Å². The molecule has 7 nitrogen and oxygen atoms in total. The maximum atomic E-state index is 13.6. The first-order valence-corrected chi connectivity index (χ1v) is 8.59. The molecule has 0 bridgehead atoms. The number of aromatic nitrogens is 4. The third-order valence-electron chi connectivity index (χ3n) is 4.57. The molecule has 0 saturated carbocycles. The molecule has 3 aromatic rings. The number of hydrogen-bond donors (Lipinski definition) is 0. The summed E-state index contributed by atoms with van der Waals surface area (Å²) >= 11 is 0. The average molecular weight is 390 g/mol. The minimum atomic E-state index is -2.88. The van der Waals surface area contributed by atoms with E-state index < -0.39 is 6.61 Å². The molecule has 2 heterocycles. The topological polar surface area (TPSA) is 59.3 Å². The Labute approximate surface area is 158 Å². The van der Waals surface area contributed by atoms with Crippen molar-refractivity contribution in [2.45, 2.75) is 13.2 Å². The van der Waals surface area contributed by atoms with Crippen molar-refractivity contribution in [2.75, 3.05) is 29.9 Å². The molecule has 4 rings (SSSR count). The highest BCUT2D eigenvalue weighted by atomic mass is 19.3. The van der Waals surface area contributed by atoms with Crippen LogP contribution in [-0.2, 0) is 6.54 Å². The molecule has 28 heavy (non-hydrogen) atoms. The van der Waals surface area contributed by atoms with Crippen LogP contribution in [0.5, 0.6) is 5.75 Å². The van der Waals surface area contributed by atoms with E-state index in [1.807, 2.05) is 11.9 Å². The number of halogens is 3. The number of nitrogens with zero attached hydrogens (tertiary/aromatic N) is 6. The van der Waals surface area contributed by atoms with Crippen molar-refractivity contribution in [1.82, 2.24) is 20.2 Å². The number of fused-ring (bicyclic) bond motifs is 1. The number of likely N-dealkylation sites (N-methyl/N-ethyl adjacent to an activating group) is 1.